The van der Waals surface area contributed by atoms with Gasteiger partial charge in [-0.3, -0.25) is 4.90 Å². The summed E-state index contributed by atoms with van der Waals surface area (Å²) in [6, 6.07) is 28.5. The summed E-state index contributed by atoms with van der Waals surface area (Å²) in [5, 5.41) is 15.8. The molecule has 0 bridgehead atoms. The second kappa shape index (κ2) is 11.3. The lowest BCUT2D eigenvalue weighted by Crippen LogP contribution is -2.38. The topological polar surface area (TPSA) is 50.5 Å². The van der Waals surface area contributed by atoms with Crippen LogP contribution < -0.4 is 4.74 Å². The molecular weight excluding hydrogens is 434 g/mol. The zero-order chi connectivity index (χ0) is 24.8. The van der Waals surface area contributed by atoms with Crippen LogP contribution in [0.2, 0.25) is 0 Å². The third kappa shape index (κ3) is 6.38. The van der Waals surface area contributed by atoms with E-state index in [1.807, 2.05) is 78.3 Å². The number of nitrogens with zero attached hydrogens (tertiary/aromatic N) is 3. The average molecular weight is 470 g/mol. The maximum atomic E-state index is 10.9. The molecule has 1 N–H and O–H groups in total. The fourth-order valence-electron chi connectivity index (χ4n) is 4.24. The summed E-state index contributed by atoms with van der Waals surface area (Å²) in [5.74, 6) is 1.49. The second-order valence-corrected chi connectivity index (χ2v) is 9.40. The molecule has 182 valence electrons. The van der Waals surface area contributed by atoms with Crippen molar-refractivity contribution in [2.24, 2.45) is 0 Å². The van der Waals surface area contributed by atoms with Crippen molar-refractivity contribution in [3.8, 4) is 17.3 Å². The number of aliphatic hydroxyl groups is 1. The number of aryl methyl sites for hydroxylation is 2. The minimum Gasteiger partial charge on any atom is -0.439 e. The molecule has 5 nitrogen and oxygen atoms in total. The van der Waals surface area contributed by atoms with Crippen molar-refractivity contribution in [2.45, 2.75) is 52.8 Å². The smallest absolute Gasteiger partial charge is 0.227 e. The lowest BCUT2D eigenvalue weighted by Gasteiger charge is -2.29. The number of ether oxygens (including phenoxy) is 1. The number of aliphatic hydroxyl groups excluding tert-OH is 1. The quantitative estimate of drug-likeness (QED) is 0.305. The van der Waals surface area contributed by atoms with Crippen molar-refractivity contribution in [3.63, 3.8) is 0 Å². The van der Waals surface area contributed by atoms with Crippen molar-refractivity contribution < 1.29 is 9.84 Å². The molecule has 4 rings (SSSR count). The molecule has 0 aliphatic rings. The molecule has 35 heavy (non-hydrogen) atoms. The van der Waals surface area contributed by atoms with Gasteiger partial charge in [-0.25, -0.2) is 4.68 Å². The minimum absolute atomic E-state index is 0.242. The molecule has 1 aromatic heterocycles. The standard InChI is InChI=1S/C30H35N3O2/c1-22(2)32(20-27(34)19-25-13-7-5-8-14-25)21-29-24(4)31-33(26-15-9-6-10-16-26)30(29)35-28-17-11-12-23(3)18-28/h5-18,22,27,34H,19-21H2,1-4H3. The Hall–Kier alpha value is -3.41. The van der Waals surface area contributed by atoms with Gasteiger partial charge < -0.3 is 9.84 Å². The Morgan fingerprint density at radius 2 is 1.60 bits per heavy atom. The highest BCUT2D eigenvalue weighted by molar-refractivity contribution is 5.43. The number of hydrogen-bond acceptors (Lipinski definition) is 4. The van der Waals surface area contributed by atoms with Crippen LogP contribution in [0, 0.1) is 13.8 Å². The van der Waals surface area contributed by atoms with E-state index < -0.39 is 6.10 Å². The van der Waals surface area contributed by atoms with Crippen molar-refractivity contribution in [2.75, 3.05) is 6.54 Å². The molecule has 1 unspecified atom stereocenters. The van der Waals surface area contributed by atoms with Crippen LogP contribution in [0.3, 0.4) is 0 Å². The van der Waals surface area contributed by atoms with Gasteiger partial charge in [-0.05, 0) is 69.5 Å². The summed E-state index contributed by atoms with van der Waals surface area (Å²) in [5.41, 5.74) is 5.17. The molecule has 0 amide bonds. The van der Waals surface area contributed by atoms with E-state index in [9.17, 15) is 5.11 Å². The summed E-state index contributed by atoms with van der Waals surface area (Å²) in [6.07, 6.45) is 0.157. The maximum absolute atomic E-state index is 10.9. The summed E-state index contributed by atoms with van der Waals surface area (Å²) in [4.78, 5) is 2.29. The van der Waals surface area contributed by atoms with Crippen LogP contribution in [-0.2, 0) is 13.0 Å². The number of aromatic nitrogens is 2. The molecule has 4 aromatic rings. The van der Waals surface area contributed by atoms with Crippen LogP contribution in [0.5, 0.6) is 11.6 Å². The van der Waals surface area contributed by atoms with Crippen LogP contribution in [0.4, 0.5) is 0 Å². The van der Waals surface area contributed by atoms with E-state index in [1.165, 1.54) is 0 Å². The normalized spacial score (nSPS) is 12.3. The predicted molar refractivity (Wildman–Crippen MR) is 141 cm³/mol. The monoisotopic (exact) mass is 469 g/mol. The summed E-state index contributed by atoms with van der Waals surface area (Å²) >= 11 is 0. The zero-order valence-electron chi connectivity index (χ0n) is 21.1. The Bertz CT molecular complexity index is 1220. The highest BCUT2D eigenvalue weighted by Crippen LogP contribution is 2.32. The minimum atomic E-state index is -0.467. The first-order valence-corrected chi connectivity index (χ1v) is 12.2. The third-order valence-electron chi connectivity index (χ3n) is 6.19. The molecule has 0 aliphatic carbocycles. The first-order valence-electron chi connectivity index (χ1n) is 12.2. The maximum Gasteiger partial charge on any atom is 0.227 e. The number of rotatable bonds is 10. The molecule has 1 heterocycles. The van der Waals surface area contributed by atoms with Crippen molar-refractivity contribution in [1.82, 2.24) is 14.7 Å². The zero-order valence-corrected chi connectivity index (χ0v) is 21.1. The summed E-state index contributed by atoms with van der Waals surface area (Å²) < 4.78 is 8.37. The van der Waals surface area contributed by atoms with Crippen LogP contribution >= 0.6 is 0 Å². The molecule has 1 atom stereocenters. The van der Waals surface area contributed by atoms with E-state index in [4.69, 9.17) is 9.84 Å². The highest BCUT2D eigenvalue weighted by Gasteiger charge is 2.24. The fourth-order valence-corrected chi connectivity index (χ4v) is 4.24. The Labute approximate surface area is 208 Å². The molecule has 0 spiro atoms. The van der Waals surface area contributed by atoms with Gasteiger partial charge in [0.1, 0.15) is 5.75 Å². The van der Waals surface area contributed by atoms with Gasteiger partial charge in [0.2, 0.25) is 5.88 Å². The van der Waals surface area contributed by atoms with Crippen molar-refractivity contribution in [1.29, 1.82) is 0 Å². The van der Waals surface area contributed by atoms with E-state index in [1.54, 1.807) is 0 Å². The van der Waals surface area contributed by atoms with E-state index in [0.29, 0.717) is 25.4 Å². The van der Waals surface area contributed by atoms with Crippen LogP contribution in [-0.4, -0.2) is 38.5 Å². The summed E-state index contributed by atoms with van der Waals surface area (Å²) in [7, 11) is 0. The van der Waals surface area contributed by atoms with E-state index in [0.717, 1.165) is 33.8 Å². The molecule has 5 heteroatoms. The van der Waals surface area contributed by atoms with Gasteiger partial charge in [-0.15, -0.1) is 0 Å². The van der Waals surface area contributed by atoms with Gasteiger partial charge in [0.25, 0.3) is 0 Å². The van der Waals surface area contributed by atoms with E-state index in [2.05, 4.69) is 43.9 Å². The Morgan fingerprint density at radius 1 is 0.914 bits per heavy atom. The largest absolute Gasteiger partial charge is 0.439 e. The first kappa shape index (κ1) is 24.7. The van der Waals surface area contributed by atoms with Gasteiger partial charge in [-0.1, -0.05) is 60.7 Å². The van der Waals surface area contributed by atoms with Crippen molar-refractivity contribution in [3.05, 3.63) is 107 Å². The lowest BCUT2D eigenvalue weighted by molar-refractivity contribution is 0.0902. The van der Waals surface area contributed by atoms with Gasteiger partial charge in [0.15, 0.2) is 0 Å². The van der Waals surface area contributed by atoms with Crippen LogP contribution in [0.15, 0.2) is 84.9 Å². The number of hydrogen-bond donors (Lipinski definition) is 1. The van der Waals surface area contributed by atoms with Crippen LogP contribution in [0.1, 0.15) is 36.2 Å². The Balaban J connectivity index is 1.64. The van der Waals surface area contributed by atoms with Crippen LogP contribution in [0.25, 0.3) is 5.69 Å². The molecule has 0 saturated heterocycles. The SMILES string of the molecule is Cc1cccc(Oc2c(CN(CC(O)Cc3ccccc3)C(C)C)c(C)nn2-c2ccccc2)c1. The summed E-state index contributed by atoms with van der Waals surface area (Å²) in [6.45, 7) is 9.59. The number of para-hydroxylation sites is 1. The van der Waals surface area contributed by atoms with Crippen molar-refractivity contribution >= 4 is 0 Å². The second-order valence-electron chi connectivity index (χ2n) is 9.40. The van der Waals surface area contributed by atoms with E-state index in [-0.39, 0.29) is 6.04 Å². The number of benzene rings is 3. The fraction of sp³-hybridized carbons (Fsp3) is 0.300. The molecule has 0 radical (unpaired) electrons. The van der Waals surface area contributed by atoms with E-state index >= 15 is 0 Å². The van der Waals surface area contributed by atoms with Gasteiger partial charge in [0, 0.05) is 19.1 Å². The van der Waals surface area contributed by atoms with Gasteiger partial charge in [0.05, 0.1) is 23.0 Å². The Kier molecular flexibility index (Phi) is 8.01. The molecule has 3 aromatic carbocycles. The Morgan fingerprint density at radius 3 is 2.26 bits per heavy atom. The molecule has 0 aliphatic heterocycles. The van der Waals surface area contributed by atoms with Gasteiger partial charge >= 0.3 is 0 Å². The highest BCUT2D eigenvalue weighted by atomic mass is 16.5. The molecule has 0 fully saturated rings. The van der Waals surface area contributed by atoms with Gasteiger partial charge in [-0.2, -0.15) is 5.10 Å². The lowest BCUT2D eigenvalue weighted by atomic mass is 10.1. The third-order valence-corrected chi connectivity index (χ3v) is 6.19. The molecular formula is C30H35N3O2. The first-order chi connectivity index (χ1) is 16.9. The predicted octanol–water partition coefficient (Wildman–Crippen LogP) is 6.10. The average Bonchev–Trinajstić information content (AvgIpc) is 3.14. The molecule has 0 saturated carbocycles.